The lowest BCUT2D eigenvalue weighted by atomic mass is 10.0. The molecule has 0 radical (unpaired) electrons. The molecule has 1 atom stereocenters. The molecule has 1 fully saturated rings. The lowest BCUT2D eigenvalue weighted by Crippen LogP contribution is -2.35. The Morgan fingerprint density at radius 2 is 2.21 bits per heavy atom. The molecule has 1 saturated heterocycles. The number of nitrogens with zero attached hydrogens (tertiary/aromatic N) is 1. The standard InChI is InChI=1S/C14H21BrN2O2/c1-2-3-17-13(8-14-18-4-5-19-14)7-11-6-12(15)10-16-9-11/h6,9-10,13-14,17H,2-5,7-8H2,1H3. The highest BCUT2D eigenvalue weighted by molar-refractivity contribution is 9.10. The summed E-state index contributed by atoms with van der Waals surface area (Å²) in [5, 5.41) is 3.56. The SMILES string of the molecule is CCCNC(Cc1cncc(Br)c1)CC1OCCO1. The first-order chi connectivity index (χ1) is 9.28. The zero-order valence-corrected chi connectivity index (χ0v) is 12.9. The molecule has 19 heavy (non-hydrogen) atoms. The summed E-state index contributed by atoms with van der Waals surface area (Å²) in [5.41, 5.74) is 1.22. The van der Waals surface area contributed by atoms with Gasteiger partial charge < -0.3 is 14.8 Å². The van der Waals surface area contributed by atoms with Crippen LogP contribution in [0.5, 0.6) is 0 Å². The molecule has 1 N–H and O–H groups in total. The predicted octanol–water partition coefficient (Wildman–Crippen LogP) is 2.52. The lowest BCUT2D eigenvalue weighted by Gasteiger charge is -2.21. The summed E-state index contributed by atoms with van der Waals surface area (Å²) >= 11 is 3.46. The molecule has 0 saturated carbocycles. The van der Waals surface area contributed by atoms with E-state index in [2.05, 4.69) is 39.2 Å². The maximum absolute atomic E-state index is 5.54. The molecule has 4 nitrogen and oxygen atoms in total. The highest BCUT2D eigenvalue weighted by Crippen LogP contribution is 2.16. The van der Waals surface area contributed by atoms with Gasteiger partial charge in [0, 0.05) is 29.3 Å². The van der Waals surface area contributed by atoms with Gasteiger partial charge in [-0.1, -0.05) is 6.92 Å². The van der Waals surface area contributed by atoms with Crippen LogP contribution in [0.1, 0.15) is 25.3 Å². The van der Waals surface area contributed by atoms with Crippen LogP contribution in [-0.2, 0) is 15.9 Å². The molecule has 0 aliphatic carbocycles. The number of hydrogen-bond acceptors (Lipinski definition) is 4. The third kappa shape index (κ3) is 5.18. The minimum Gasteiger partial charge on any atom is -0.350 e. The van der Waals surface area contributed by atoms with E-state index in [1.807, 2.05) is 6.20 Å². The summed E-state index contributed by atoms with van der Waals surface area (Å²) in [4.78, 5) is 4.21. The molecule has 1 unspecified atom stereocenters. The number of halogens is 1. The topological polar surface area (TPSA) is 43.4 Å². The van der Waals surface area contributed by atoms with Crippen LogP contribution in [0.3, 0.4) is 0 Å². The zero-order valence-electron chi connectivity index (χ0n) is 11.3. The van der Waals surface area contributed by atoms with Crippen molar-refractivity contribution >= 4 is 15.9 Å². The number of rotatable bonds is 7. The van der Waals surface area contributed by atoms with E-state index in [1.165, 1.54) is 5.56 Å². The monoisotopic (exact) mass is 328 g/mol. The molecule has 1 aliphatic rings. The van der Waals surface area contributed by atoms with Crippen molar-refractivity contribution in [3.8, 4) is 0 Å². The Morgan fingerprint density at radius 1 is 1.42 bits per heavy atom. The van der Waals surface area contributed by atoms with Crippen LogP contribution in [0, 0.1) is 0 Å². The molecule has 2 rings (SSSR count). The van der Waals surface area contributed by atoms with Gasteiger partial charge in [-0.05, 0) is 46.9 Å². The van der Waals surface area contributed by atoms with Crippen molar-refractivity contribution in [2.24, 2.45) is 0 Å². The van der Waals surface area contributed by atoms with E-state index in [1.54, 1.807) is 6.20 Å². The van der Waals surface area contributed by atoms with Crippen LogP contribution >= 0.6 is 15.9 Å². The molecule has 0 spiro atoms. The maximum atomic E-state index is 5.54. The van der Waals surface area contributed by atoms with Gasteiger partial charge in [-0.2, -0.15) is 0 Å². The van der Waals surface area contributed by atoms with Crippen molar-refractivity contribution in [1.82, 2.24) is 10.3 Å². The van der Waals surface area contributed by atoms with Gasteiger partial charge in [-0.25, -0.2) is 0 Å². The number of nitrogens with one attached hydrogen (secondary N) is 1. The van der Waals surface area contributed by atoms with Crippen molar-refractivity contribution in [2.75, 3.05) is 19.8 Å². The van der Waals surface area contributed by atoms with Crippen LogP contribution in [0.15, 0.2) is 22.9 Å². The quantitative estimate of drug-likeness (QED) is 0.835. The maximum Gasteiger partial charge on any atom is 0.159 e. The van der Waals surface area contributed by atoms with E-state index in [4.69, 9.17) is 9.47 Å². The second kappa shape index (κ2) is 7.94. The van der Waals surface area contributed by atoms with Crippen molar-refractivity contribution in [3.63, 3.8) is 0 Å². The lowest BCUT2D eigenvalue weighted by molar-refractivity contribution is -0.0526. The minimum absolute atomic E-state index is 0.0607. The van der Waals surface area contributed by atoms with Crippen molar-refractivity contribution < 1.29 is 9.47 Å². The largest absolute Gasteiger partial charge is 0.350 e. The first-order valence-electron chi connectivity index (χ1n) is 6.84. The predicted molar refractivity (Wildman–Crippen MR) is 78.0 cm³/mol. The van der Waals surface area contributed by atoms with Gasteiger partial charge in [0.25, 0.3) is 0 Å². The zero-order chi connectivity index (χ0) is 13.5. The van der Waals surface area contributed by atoms with Gasteiger partial charge in [-0.15, -0.1) is 0 Å². The van der Waals surface area contributed by atoms with E-state index in [0.29, 0.717) is 19.3 Å². The van der Waals surface area contributed by atoms with E-state index in [0.717, 1.165) is 30.3 Å². The van der Waals surface area contributed by atoms with Crippen LogP contribution in [0.2, 0.25) is 0 Å². The van der Waals surface area contributed by atoms with Gasteiger partial charge in [0.1, 0.15) is 0 Å². The number of hydrogen-bond donors (Lipinski definition) is 1. The van der Waals surface area contributed by atoms with E-state index < -0.39 is 0 Å². The highest BCUT2D eigenvalue weighted by atomic mass is 79.9. The summed E-state index contributed by atoms with van der Waals surface area (Å²) < 4.78 is 12.1. The van der Waals surface area contributed by atoms with Gasteiger partial charge in [-0.3, -0.25) is 4.98 Å². The fraction of sp³-hybridized carbons (Fsp3) is 0.643. The van der Waals surface area contributed by atoms with Crippen molar-refractivity contribution in [3.05, 3.63) is 28.5 Å². The fourth-order valence-corrected chi connectivity index (χ4v) is 2.63. The van der Waals surface area contributed by atoms with Crippen molar-refractivity contribution in [2.45, 2.75) is 38.5 Å². The molecule has 0 bridgehead atoms. The Labute approximate surface area is 123 Å². The van der Waals surface area contributed by atoms with E-state index >= 15 is 0 Å². The molecule has 0 aromatic carbocycles. The van der Waals surface area contributed by atoms with E-state index in [9.17, 15) is 0 Å². The molecule has 0 amide bonds. The fourth-order valence-electron chi connectivity index (χ4n) is 2.21. The smallest absolute Gasteiger partial charge is 0.159 e. The van der Waals surface area contributed by atoms with Crippen molar-refractivity contribution in [1.29, 1.82) is 0 Å². The third-order valence-electron chi connectivity index (χ3n) is 3.09. The Kier molecular flexibility index (Phi) is 6.23. The Bertz CT molecular complexity index is 383. The average molecular weight is 329 g/mol. The number of pyridine rings is 1. The summed E-state index contributed by atoms with van der Waals surface area (Å²) in [6.45, 7) is 4.61. The van der Waals surface area contributed by atoms with Gasteiger partial charge >= 0.3 is 0 Å². The number of ether oxygens (including phenoxy) is 2. The third-order valence-corrected chi connectivity index (χ3v) is 3.53. The highest BCUT2D eigenvalue weighted by Gasteiger charge is 2.21. The van der Waals surface area contributed by atoms with Gasteiger partial charge in [0.05, 0.1) is 13.2 Å². The molecule has 5 heteroatoms. The molecular formula is C14H21BrN2O2. The molecule has 1 aliphatic heterocycles. The Morgan fingerprint density at radius 3 is 2.89 bits per heavy atom. The Hall–Kier alpha value is -0.490. The normalized spacial score (nSPS) is 17.8. The summed E-state index contributed by atoms with van der Waals surface area (Å²) in [5.74, 6) is 0. The van der Waals surface area contributed by atoms with E-state index in [-0.39, 0.29) is 6.29 Å². The number of aromatic nitrogens is 1. The second-order valence-corrected chi connectivity index (χ2v) is 5.69. The molecule has 1 aromatic rings. The van der Waals surface area contributed by atoms with Crippen LogP contribution in [-0.4, -0.2) is 37.1 Å². The second-order valence-electron chi connectivity index (χ2n) is 4.77. The Balaban J connectivity index is 1.92. The summed E-state index contributed by atoms with van der Waals surface area (Å²) in [6, 6.07) is 2.48. The molecule has 2 heterocycles. The summed E-state index contributed by atoms with van der Waals surface area (Å²) in [7, 11) is 0. The minimum atomic E-state index is -0.0607. The average Bonchev–Trinajstić information content (AvgIpc) is 2.89. The van der Waals surface area contributed by atoms with Gasteiger partial charge in [0.2, 0.25) is 0 Å². The first kappa shape index (κ1) is 14.9. The van der Waals surface area contributed by atoms with Crippen LogP contribution in [0.4, 0.5) is 0 Å². The first-order valence-corrected chi connectivity index (χ1v) is 7.63. The van der Waals surface area contributed by atoms with Crippen LogP contribution in [0.25, 0.3) is 0 Å². The molecular weight excluding hydrogens is 308 g/mol. The van der Waals surface area contributed by atoms with Gasteiger partial charge in [0.15, 0.2) is 6.29 Å². The van der Waals surface area contributed by atoms with Crippen LogP contribution < -0.4 is 5.32 Å². The molecule has 1 aromatic heterocycles. The summed E-state index contributed by atoms with van der Waals surface area (Å²) in [6.07, 6.45) is 6.61. The molecule has 106 valence electrons.